The molecule has 3 heteroatoms. The third-order valence-corrected chi connectivity index (χ3v) is 1.52. The van der Waals surface area contributed by atoms with E-state index >= 15 is 0 Å². The van der Waals surface area contributed by atoms with Crippen LogP contribution in [0.15, 0.2) is 24.3 Å². The Morgan fingerprint density at radius 2 is 1.53 bits per heavy atom. The summed E-state index contributed by atoms with van der Waals surface area (Å²) in [6.45, 7) is 10.1. The predicted molar refractivity (Wildman–Crippen MR) is 57.7 cm³/mol. The van der Waals surface area contributed by atoms with Crippen LogP contribution in [-0.4, -0.2) is 12.2 Å². The van der Waals surface area contributed by atoms with Crippen LogP contribution in [0.3, 0.4) is 0 Å². The predicted octanol–water partition coefficient (Wildman–Crippen LogP) is 3.07. The van der Waals surface area contributed by atoms with Crippen LogP contribution in [0.25, 0.3) is 0 Å². The molecule has 84 valence electrons. The van der Waals surface area contributed by atoms with Crippen molar-refractivity contribution in [2.45, 2.75) is 26.4 Å². The second-order valence-corrected chi connectivity index (χ2v) is 4.03. The molecule has 2 nitrogen and oxygen atoms in total. The molecule has 0 N–H and O–H groups in total. The summed E-state index contributed by atoms with van der Waals surface area (Å²) in [6.07, 6.45) is 0. The van der Waals surface area contributed by atoms with E-state index in [2.05, 4.69) is 6.92 Å². The number of hydrogen-bond donors (Lipinski definition) is 0. The fraction of sp³-hybridized carbons (Fsp3) is 0.417. The molecule has 0 heterocycles. The first-order valence-electron chi connectivity index (χ1n) is 4.72. The fourth-order valence-corrected chi connectivity index (χ4v) is 1.08. The molecule has 1 aromatic carbocycles. The Morgan fingerprint density at radius 1 is 1.07 bits per heavy atom. The van der Waals surface area contributed by atoms with Crippen molar-refractivity contribution in [2.75, 3.05) is 6.61 Å². The average molecular weight is 377 g/mol. The largest absolute Gasteiger partial charge is 0.525 e. The van der Waals surface area contributed by atoms with Gasteiger partial charge in [-0.15, -0.1) is 0 Å². The van der Waals surface area contributed by atoms with E-state index in [0.717, 1.165) is 11.5 Å². The van der Waals surface area contributed by atoms with Gasteiger partial charge in [0.25, 0.3) is 0 Å². The van der Waals surface area contributed by atoms with Crippen molar-refractivity contribution < 1.29 is 30.5 Å². The maximum atomic E-state index is 5.66. The van der Waals surface area contributed by atoms with Gasteiger partial charge in [-0.2, -0.15) is 0 Å². The molecule has 0 aliphatic carbocycles. The van der Waals surface area contributed by atoms with Crippen LogP contribution < -0.4 is 9.47 Å². The van der Waals surface area contributed by atoms with Gasteiger partial charge in [0.05, 0.1) is 0 Å². The van der Waals surface area contributed by atoms with Crippen molar-refractivity contribution >= 4 is 0 Å². The van der Waals surface area contributed by atoms with E-state index in [-0.39, 0.29) is 26.7 Å². The van der Waals surface area contributed by atoms with Crippen molar-refractivity contribution in [3.8, 4) is 11.5 Å². The van der Waals surface area contributed by atoms with Crippen molar-refractivity contribution in [1.29, 1.82) is 0 Å². The zero-order valence-corrected chi connectivity index (χ0v) is 12.4. The first kappa shape index (κ1) is 14.5. The normalized spacial score (nSPS) is 10.4. The maximum Gasteiger partial charge on any atom is 0.120 e. The van der Waals surface area contributed by atoms with Gasteiger partial charge in [0.2, 0.25) is 0 Å². The molecule has 1 aromatic rings. The molecule has 0 atom stereocenters. The molecule has 0 aromatic heterocycles. The fourth-order valence-electron chi connectivity index (χ4n) is 1.08. The molecule has 0 amide bonds. The summed E-state index contributed by atoms with van der Waals surface area (Å²) in [6, 6.07) is 7.56. The van der Waals surface area contributed by atoms with E-state index in [1.54, 1.807) is 0 Å². The van der Waals surface area contributed by atoms with Gasteiger partial charge in [-0.05, 0) is 51.6 Å². The van der Waals surface area contributed by atoms with Crippen molar-refractivity contribution in [1.82, 2.24) is 0 Å². The quantitative estimate of drug-likeness (QED) is 0.754. The van der Waals surface area contributed by atoms with E-state index in [9.17, 15) is 0 Å². The standard InChI is InChI=1S/C12H17O2.W/c1-5-13-10-6-8-11(9-7-10)14-12(2,3)4;/h6-9H,1,5H2,2-4H3;/q-1;. The summed E-state index contributed by atoms with van der Waals surface area (Å²) in [4.78, 5) is 0. The molecule has 15 heavy (non-hydrogen) atoms. The number of rotatable bonds is 3. The van der Waals surface area contributed by atoms with Crippen LogP contribution >= 0.6 is 0 Å². The molecular formula is C12H17O2W-. The Labute approximate surface area is 106 Å². The minimum Gasteiger partial charge on any atom is -0.525 e. The monoisotopic (exact) mass is 377 g/mol. The van der Waals surface area contributed by atoms with Gasteiger partial charge < -0.3 is 16.4 Å². The summed E-state index contributed by atoms with van der Waals surface area (Å²) in [5.74, 6) is 1.68. The summed E-state index contributed by atoms with van der Waals surface area (Å²) in [5, 5.41) is 0. The average Bonchev–Trinajstić information content (AvgIpc) is 2.06. The molecule has 0 bridgehead atoms. The Kier molecular flexibility index (Phi) is 5.97. The maximum absolute atomic E-state index is 5.66. The third kappa shape index (κ3) is 5.84. The van der Waals surface area contributed by atoms with Crippen molar-refractivity contribution in [2.24, 2.45) is 0 Å². The number of hydrogen-bond acceptors (Lipinski definition) is 2. The van der Waals surface area contributed by atoms with E-state index < -0.39 is 0 Å². The molecule has 0 fully saturated rings. The zero-order valence-electron chi connectivity index (χ0n) is 9.45. The van der Waals surface area contributed by atoms with E-state index in [1.807, 2.05) is 45.0 Å². The Balaban J connectivity index is 0.00000196. The zero-order chi connectivity index (χ0) is 10.6. The summed E-state index contributed by atoms with van der Waals surface area (Å²) in [7, 11) is 0. The van der Waals surface area contributed by atoms with Crippen LogP contribution in [0, 0.1) is 6.92 Å². The number of ether oxygens (including phenoxy) is 2. The number of benzene rings is 1. The minimum atomic E-state index is -0.158. The van der Waals surface area contributed by atoms with Crippen LogP contribution in [0.4, 0.5) is 0 Å². The molecule has 1 rings (SSSR count). The summed E-state index contributed by atoms with van der Waals surface area (Å²) in [5.41, 5.74) is -0.158. The van der Waals surface area contributed by atoms with Gasteiger partial charge >= 0.3 is 0 Å². The Bertz CT molecular complexity index is 275. The van der Waals surface area contributed by atoms with Crippen molar-refractivity contribution in [3.63, 3.8) is 0 Å². The first-order chi connectivity index (χ1) is 6.51. The van der Waals surface area contributed by atoms with Crippen LogP contribution in [-0.2, 0) is 21.1 Å². The molecule has 0 unspecified atom stereocenters. The SMILES string of the molecule is [CH2-]COc1ccc(OC(C)(C)C)cc1.[W]. The first-order valence-corrected chi connectivity index (χ1v) is 4.72. The van der Waals surface area contributed by atoms with Crippen LogP contribution in [0.1, 0.15) is 20.8 Å². The Hall–Kier alpha value is -0.492. The van der Waals surface area contributed by atoms with E-state index in [4.69, 9.17) is 9.47 Å². The molecule has 0 radical (unpaired) electrons. The second-order valence-electron chi connectivity index (χ2n) is 4.03. The molecular weight excluding hydrogens is 360 g/mol. The second kappa shape index (κ2) is 6.17. The van der Waals surface area contributed by atoms with Gasteiger partial charge in [-0.3, -0.25) is 0 Å². The van der Waals surface area contributed by atoms with Crippen LogP contribution in [0.5, 0.6) is 11.5 Å². The molecule has 0 saturated heterocycles. The molecule has 0 saturated carbocycles. The molecule has 0 aliphatic heterocycles. The summed E-state index contributed by atoms with van der Waals surface area (Å²) < 4.78 is 10.9. The molecule has 0 aliphatic rings. The van der Waals surface area contributed by atoms with E-state index in [0.29, 0.717) is 6.61 Å². The van der Waals surface area contributed by atoms with Gasteiger partial charge in [0, 0.05) is 21.1 Å². The van der Waals surface area contributed by atoms with Gasteiger partial charge in [0.1, 0.15) is 17.1 Å². The van der Waals surface area contributed by atoms with Gasteiger partial charge in [0.15, 0.2) is 0 Å². The summed E-state index contributed by atoms with van der Waals surface area (Å²) >= 11 is 0. The molecule has 0 spiro atoms. The smallest absolute Gasteiger partial charge is 0.120 e. The van der Waals surface area contributed by atoms with Gasteiger partial charge in [-0.1, -0.05) is 0 Å². The Morgan fingerprint density at radius 3 is 1.93 bits per heavy atom. The topological polar surface area (TPSA) is 18.5 Å². The van der Waals surface area contributed by atoms with Gasteiger partial charge in [-0.25, -0.2) is 0 Å². The third-order valence-electron chi connectivity index (χ3n) is 1.52. The van der Waals surface area contributed by atoms with E-state index in [1.165, 1.54) is 0 Å². The minimum absolute atomic E-state index is 0. The van der Waals surface area contributed by atoms with Crippen LogP contribution in [0.2, 0.25) is 0 Å². The van der Waals surface area contributed by atoms with Crippen molar-refractivity contribution in [3.05, 3.63) is 31.2 Å².